The summed E-state index contributed by atoms with van der Waals surface area (Å²) in [7, 11) is 0. The predicted octanol–water partition coefficient (Wildman–Crippen LogP) is 3.87. The van der Waals surface area contributed by atoms with E-state index in [2.05, 4.69) is 4.98 Å². The fourth-order valence-electron chi connectivity index (χ4n) is 1.53. The average Bonchev–Trinajstić information content (AvgIpc) is 2.41. The molecule has 0 fully saturated rings. The second-order valence-electron chi connectivity index (χ2n) is 3.94. The minimum atomic E-state index is -0.996. The third-order valence-electron chi connectivity index (χ3n) is 2.46. The number of nitrogens with zero attached hydrogens (tertiary/aromatic N) is 1. The van der Waals surface area contributed by atoms with Crippen LogP contribution in [0.25, 0.3) is 0 Å². The zero-order chi connectivity index (χ0) is 13.7. The van der Waals surface area contributed by atoms with Gasteiger partial charge in [0.2, 0.25) is 0 Å². The SMILES string of the molecule is O=C(O)c1cccc(CSCc2ccc(Cl)cc2)n1. The topological polar surface area (TPSA) is 50.2 Å². The normalized spacial score (nSPS) is 10.4. The molecule has 0 saturated carbocycles. The number of thioether (sulfide) groups is 1. The molecular formula is C14H12ClNO2S. The summed E-state index contributed by atoms with van der Waals surface area (Å²) < 4.78 is 0. The molecule has 0 radical (unpaired) electrons. The number of carboxylic acid groups (broad SMARTS) is 1. The van der Waals surface area contributed by atoms with Crippen molar-refractivity contribution >= 4 is 29.3 Å². The molecule has 3 nitrogen and oxygen atoms in total. The summed E-state index contributed by atoms with van der Waals surface area (Å²) in [4.78, 5) is 14.9. The van der Waals surface area contributed by atoms with Crippen molar-refractivity contribution in [1.82, 2.24) is 4.98 Å². The number of hydrogen-bond acceptors (Lipinski definition) is 3. The van der Waals surface area contributed by atoms with Crippen LogP contribution in [0.1, 0.15) is 21.7 Å². The van der Waals surface area contributed by atoms with Crippen molar-refractivity contribution in [3.05, 3.63) is 64.4 Å². The van der Waals surface area contributed by atoms with E-state index in [9.17, 15) is 4.79 Å². The first-order valence-corrected chi connectivity index (χ1v) is 7.20. The highest BCUT2D eigenvalue weighted by Crippen LogP contribution is 2.18. The molecular weight excluding hydrogens is 282 g/mol. The largest absolute Gasteiger partial charge is 0.477 e. The van der Waals surface area contributed by atoms with Gasteiger partial charge < -0.3 is 5.11 Å². The van der Waals surface area contributed by atoms with Crippen LogP contribution < -0.4 is 0 Å². The van der Waals surface area contributed by atoms with Crippen LogP contribution in [-0.2, 0) is 11.5 Å². The van der Waals surface area contributed by atoms with Gasteiger partial charge in [-0.2, -0.15) is 11.8 Å². The predicted molar refractivity (Wildman–Crippen MR) is 77.6 cm³/mol. The fraction of sp³-hybridized carbons (Fsp3) is 0.143. The lowest BCUT2D eigenvalue weighted by molar-refractivity contribution is 0.0690. The Kier molecular flexibility index (Phi) is 4.82. The zero-order valence-corrected chi connectivity index (χ0v) is 11.6. The summed E-state index contributed by atoms with van der Waals surface area (Å²) >= 11 is 7.50. The lowest BCUT2D eigenvalue weighted by Gasteiger charge is -2.03. The lowest BCUT2D eigenvalue weighted by atomic mass is 10.2. The number of carboxylic acids is 1. The lowest BCUT2D eigenvalue weighted by Crippen LogP contribution is -2.01. The Morgan fingerprint density at radius 1 is 1.16 bits per heavy atom. The number of rotatable bonds is 5. The first kappa shape index (κ1) is 13.9. The molecule has 2 aromatic rings. The molecule has 0 aliphatic carbocycles. The van der Waals surface area contributed by atoms with E-state index >= 15 is 0 Å². The molecule has 98 valence electrons. The fourth-order valence-corrected chi connectivity index (χ4v) is 2.56. The van der Waals surface area contributed by atoms with Crippen molar-refractivity contribution in [2.24, 2.45) is 0 Å². The second kappa shape index (κ2) is 6.59. The van der Waals surface area contributed by atoms with Crippen LogP contribution in [0.15, 0.2) is 42.5 Å². The van der Waals surface area contributed by atoms with Gasteiger partial charge in [0.25, 0.3) is 0 Å². The van der Waals surface area contributed by atoms with Crippen LogP contribution in [0.2, 0.25) is 5.02 Å². The van der Waals surface area contributed by atoms with E-state index in [4.69, 9.17) is 16.7 Å². The molecule has 0 saturated heterocycles. The van der Waals surface area contributed by atoms with Crippen molar-refractivity contribution < 1.29 is 9.90 Å². The van der Waals surface area contributed by atoms with E-state index in [1.807, 2.05) is 30.3 Å². The molecule has 19 heavy (non-hydrogen) atoms. The van der Waals surface area contributed by atoms with E-state index in [-0.39, 0.29) is 5.69 Å². The molecule has 0 aliphatic rings. The summed E-state index contributed by atoms with van der Waals surface area (Å²) in [5.74, 6) is 0.532. The monoisotopic (exact) mass is 293 g/mol. The molecule has 0 spiro atoms. The first-order valence-electron chi connectivity index (χ1n) is 5.66. The van der Waals surface area contributed by atoms with Crippen molar-refractivity contribution in [3.8, 4) is 0 Å². The third kappa shape index (κ3) is 4.26. The quantitative estimate of drug-likeness (QED) is 0.909. The van der Waals surface area contributed by atoms with E-state index in [1.54, 1.807) is 17.8 Å². The molecule has 1 aromatic carbocycles. The maximum Gasteiger partial charge on any atom is 0.354 e. The molecule has 0 atom stereocenters. The van der Waals surface area contributed by atoms with Gasteiger partial charge in [-0.1, -0.05) is 29.8 Å². The highest BCUT2D eigenvalue weighted by molar-refractivity contribution is 7.97. The molecule has 5 heteroatoms. The summed E-state index contributed by atoms with van der Waals surface area (Å²) in [6.45, 7) is 0. The molecule has 0 bridgehead atoms. The Morgan fingerprint density at radius 3 is 2.58 bits per heavy atom. The molecule has 0 unspecified atom stereocenters. The highest BCUT2D eigenvalue weighted by atomic mass is 35.5. The van der Waals surface area contributed by atoms with Crippen LogP contribution >= 0.6 is 23.4 Å². The van der Waals surface area contributed by atoms with Crippen molar-refractivity contribution in [2.45, 2.75) is 11.5 Å². The second-order valence-corrected chi connectivity index (χ2v) is 5.36. The number of halogens is 1. The highest BCUT2D eigenvalue weighted by Gasteiger charge is 2.05. The van der Waals surface area contributed by atoms with Gasteiger partial charge in [-0.3, -0.25) is 0 Å². The zero-order valence-electron chi connectivity index (χ0n) is 10.0. The third-order valence-corrected chi connectivity index (χ3v) is 3.75. The van der Waals surface area contributed by atoms with Crippen molar-refractivity contribution in [1.29, 1.82) is 0 Å². The average molecular weight is 294 g/mol. The number of benzene rings is 1. The van der Waals surface area contributed by atoms with Gasteiger partial charge in [-0.15, -0.1) is 0 Å². The van der Waals surface area contributed by atoms with Crippen LogP contribution in [0.5, 0.6) is 0 Å². The van der Waals surface area contributed by atoms with Crippen molar-refractivity contribution in [3.63, 3.8) is 0 Å². The summed E-state index contributed by atoms with van der Waals surface area (Å²) in [5, 5.41) is 9.58. The van der Waals surface area contributed by atoms with Crippen LogP contribution in [-0.4, -0.2) is 16.1 Å². The Hall–Kier alpha value is -1.52. The Morgan fingerprint density at radius 2 is 1.89 bits per heavy atom. The van der Waals surface area contributed by atoms with Crippen LogP contribution in [0.4, 0.5) is 0 Å². The minimum Gasteiger partial charge on any atom is -0.477 e. The Labute approximate surface area is 120 Å². The number of aromatic carboxylic acids is 1. The van der Waals surface area contributed by atoms with E-state index in [0.717, 1.165) is 16.5 Å². The number of carbonyl (C=O) groups is 1. The van der Waals surface area contributed by atoms with Gasteiger partial charge in [0, 0.05) is 16.5 Å². The van der Waals surface area contributed by atoms with Gasteiger partial charge in [0.1, 0.15) is 5.69 Å². The molecule has 0 amide bonds. The van der Waals surface area contributed by atoms with Crippen LogP contribution in [0, 0.1) is 0 Å². The molecule has 2 rings (SSSR count). The summed E-state index contributed by atoms with van der Waals surface area (Å²) in [5.41, 5.74) is 2.05. The van der Waals surface area contributed by atoms with Gasteiger partial charge >= 0.3 is 5.97 Å². The minimum absolute atomic E-state index is 0.0876. The van der Waals surface area contributed by atoms with Gasteiger partial charge in [0.05, 0.1) is 5.69 Å². The maximum absolute atomic E-state index is 10.8. The maximum atomic E-state index is 10.8. The van der Waals surface area contributed by atoms with Crippen LogP contribution in [0.3, 0.4) is 0 Å². The van der Waals surface area contributed by atoms with Gasteiger partial charge in [0.15, 0.2) is 0 Å². The number of pyridine rings is 1. The van der Waals surface area contributed by atoms with Gasteiger partial charge in [-0.05, 0) is 29.8 Å². The number of aromatic nitrogens is 1. The molecule has 1 N–H and O–H groups in total. The van der Waals surface area contributed by atoms with Crippen molar-refractivity contribution in [2.75, 3.05) is 0 Å². The summed E-state index contributed by atoms with van der Waals surface area (Å²) in [6, 6.07) is 12.7. The molecule has 1 heterocycles. The first-order chi connectivity index (χ1) is 9.15. The summed E-state index contributed by atoms with van der Waals surface area (Å²) in [6.07, 6.45) is 0. The van der Waals surface area contributed by atoms with Gasteiger partial charge in [-0.25, -0.2) is 9.78 Å². The molecule has 0 aliphatic heterocycles. The Bertz CT molecular complexity index is 572. The van der Waals surface area contributed by atoms with E-state index in [0.29, 0.717) is 5.75 Å². The Balaban J connectivity index is 1.90. The van der Waals surface area contributed by atoms with E-state index < -0.39 is 5.97 Å². The number of hydrogen-bond donors (Lipinski definition) is 1. The van der Waals surface area contributed by atoms with E-state index in [1.165, 1.54) is 11.6 Å². The molecule has 1 aromatic heterocycles. The smallest absolute Gasteiger partial charge is 0.354 e. The standard InChI is InChI=1S/C14H12ClNO2S/c15-11-6-4-10(5-7-11)8-19-9-12-2-1-3-13(16-12)14(17)18/h1-7H,8-9H2,(H,17,18).